The van der Waals surface area contributed by atoms with Crippen molar-refractivity contribution in [1.82, 2.24) is 5.32 Å². The van der Waals surface area contributed by atoms with Crippen LogP contribution in [0.3, 0.4) is 0 Å². The summed E-state index contributed by atoms with van der Waals surface area (Å²) in [6.07, 6.45) is 6.46. The minimum absolute atomic E-state index is 0.373. The standard InChI is InChI=1S/C15H22N2S2/c1-12-2-6-15(7-3-12)11-19-14(17-15)16-8-4-13-5-9-18-10-13/h5,9-10,12H,2-4,6-8,11H2,1H3,(H,16,17). The molecule has 0 bridgehead atoms. The molecule has 0 amide bonds. The largest absolute Gasteiger partial charge is 0.359 e. The van der Waals surface area contributed by atoms with Gasteiger partial charge in [-0.3, -0.25) is 4.99 Å². The monoisotopic (exact) mass is 294 g/mol. The van der Waals surface area contributed by atoms with Gasteiger partial charge in [-0.25, -0.2) is 0 Å². The van der Waals surface area contributed by atoms with Gasteiger partial charge in [-0.15, -0.1) is 0 Å². The highest BCUT2D eigenvalue weighted by atomic mass is 32.2. The first-order chi connectivity index (χ1) is 9.26. The van der Waals surface area contributed by atoms with Gasteiger partial charge in [0.05, 0.1) is 0 Å². The van der Waals surface area contributed by atoms with Gasteiger partial charge in [0.25, 0.3) is 0 Å². The van der Waals surface area contributed by atoms with Gasteiger partial charge in [-0.05, 0) is 60.4 Å². The second-order valence-corrected chi connectivity index (χ2v) is 7.69. The topological polar surface area (TPSA) is 24.4 Å². The van der Waals surface area contributed by atoms with Crippen molar-refractivity contribution >= 4 is 28.3 Å². The summed E-state index contributed by atoms with van der Waals surface area (Å²) >= 11 is 3.70. The number of aliphatic imine (C=N–C) groups is 1. The smallest absolute Gasteiger partial charge is 0.157 e. The molecule has 1 aromatic heterocycles. The lowest BCUT2D eigenvalue weighted by Gasteiger charge is -2.35. The number of hydrogen-bond donors (Lipinski definition) is 1. The summed E-state index contributed by atoms with van der Waals surface area (Å²) in [5.74, 6) is 2.13. The zero-order chi connectivity index (χ0) is 13.1. The lowest BCUT2D eigenvalue weighted by molar-refractivity contribution is 0.251. The van der Waals surface area contributed by atoms with Crippen LogP contribution in [0.1, 0.15) is 38.2 Å². The van der Waals surface area contributed by atoms with Crippen molar-refractivity contribution < 1.29 is 0 Å². The molecule has 2 heterocycles. The van der Waals surface area contributed by atoms with Crippen molar-refractivity contribution in [3.63, 3.8) is 0 Å². The predicted molar refractivity (Wildman–Crippen MR) is 86.3 cm³/mol. The predicted octanol–water partition coefficient (Wildman–Crippen LogP) is 3.93. The van der Waals surface area contributed by atoms with Gasteiger partial charge in [0.2, 0.25) is 0 Å². The Bertz CT molecular complexity index is 431. The maximum absolute atomic E-state index is 4.74. The Morgan fingerprint density at radius 1 is 1.42 bits per heavy atom. The van der Waals surface area contributed by atoms with E-state index in [0.29, 0.717) is 5.54 Å². The molecule has 1 aromatic rings. The number of amidine groups is 1. The number of thioether (sulfide) groups is 1. The van der Waals surface area contributed by atoms with E-state index in [0.717, 1.165) is 18.9 Å². The number of nitrogens with zero attached hydrogens (tertiary/aromatic N) is 1. The molecule has 19 heavy (non-hydrogen) atoms. The highest BCUT2D eigenvalue weighted by Crippen LogP contribution is 2.38. The second-order valence-electron chi connectivity index (χ2n) is 5.94. The van der Waals surface area contributed by atoms with Gasteiger partial charge in [0, 0.05) is 17.8 Å². The molecule has 1 saturated carbocycles. The fourth-order valence-electron chi connectivity index (χ4n) is 2.90. The molecule has 2 fully saturated rings. The van der Waals surface area contributed by atoms with E-state index in [1.165, 1.54) is 42.2 Å². The maximum atomic E-state index is 4.74. The first-order valence-electron chi connectivity index (χ1n) is 7.22. The molecule has 2 nitrogen and oxygen atoms in total. The van der Waals surface area contributed by atoms with Crippen LogP contribution in [0.4, 0.5) is 0 Å². The Morgan fingerprint density at radius 2 is 2.26 bits per heavy atom. The third-order valence-corrected chi connectivity index (χ3v) is 6.26. The van der Waals surface area contributed by atoms with E-state index in [1.807, 2.05) is 11.8 Å². The number of thiophene rings is 1. The average molecular weight is 294 g/mol. The SMILES string of the molecule is CC1CCC2(CC1)CSC(=NCCc1ccsc1)N2. The highest BCUT2D eigenvalue weighted by molar-refractivity contribution is 8.14. The van der Waals surface area contributed by atoms with Gasteiger partial charge in [-0.1, -0.05) is 18.7 Å². The molecule has 1 saturated heterocycles. The molecule has 2 aliphatic rings. The van der Waals surface area contributed by atoms with Crippen molar-refractivity contribution in [3.8, 4) is 0 Å². The van der Waals surface area contributed by atoms with Crippen LogP contribution < -0.4 is 5.32 Å². The second kappa shape index (κ2) is 5.88. The number of rotatable bonds is 3. The molecule has 0 radical (unpaired) electrons. The van der Waals surface area contributed by atoms with E-state index in [9.17, 15) is 0 Å². The van der Waals surface area contributed by atoms with Crippen LogP contribution in [0.15, 0.2) is 21.8 Å². The number of nitrogens with one attached hydrogen (secondary N) is 1. The van der Waals surface area contributed by atoms with Gasteiger partial charge in [-0.2, -0.15) is 11.3 Å². The Labute approximate surface area is 124 Å². The molecule has 0 atom stereocenters. The van der Waals surface area contributed by atoms with Crippen molar-refractivity contribution in [1.29, 1.82) is 0 Å². The van der Waals surface area contributed by atoms with Crippen molar-refractivity contribution in [3.05, 3.63) is 22.4 Å². The zero-order valence-electron chi connectivity index (χ0n) is 11.5. The van der Waals surface area contributed by atoms with E-state index in [2.05, 4.69) is 29.1 Å². The first-order valence-corrected chi connectivity index (χ1v) is 9.15. The Hall–Kier alpha value is -0.480. The molecule has 0 aromatic carbocycles. The lowest BCUT2D eigenvalue weighted by Crippen LogP contribution is -2.46. The van der Waals surface area contributed by atoms with Crippen molar-refractivity contribution in [2.75, 3.05) is 12.3 Å². The van der Waals surface area contributed by atoms with E-state index in [1.54, 1.807) is 11.3 Å². The summed E-state index contributed by atoms with van der Waals surface area (Å²) in [5, 5.41) is 9.27. The highest BCUT2D eigenvalue weighted by Gasteiger charge is 2.39. The van der Waals surface area contributed by atoms with Crippen molar-refractivity contribution in [2.24, 2.45) is 10.9 Å². The molecule has 1 spiro atoms. The van der Waals surface area contributed by atoms with E-state index in [-0.39, 0.29) is 0 Å². The fourth-order valence-corrected chi connectivity index (χ4v) is 4.84. The van der Waals surface area contributed by atoms with E-state index < -0.39 is 0 Å². The molecule has 1 N–H and O–H groups in total. The molecular formula is C15H22N2S2. The lowest BCUT2D eigenvalue weighted by atomic mass is 9.78. The minimum Gasteiger partial charge on any atom is -0.359 e. The Balaban J connectivity index is 1.51. The molecule has 1 aliphatic heterocycles. The first kappa shape index (κ1) is 13.5. The molecular weight excluding hydrogens is 272 g/mol. The average Bonchev–Trinajstić information content (AvgIpc) is 3.05. The molecule has 3 rings (SSSR count). The van der Waals surface area contributed by atoms with E-state index in [4.69, 9.17) is 4.99 Å². The fraction of sp³-hybridized carbons (Fsp3) is 0.667. The summed E-state index contributed by atoms with van der Waals surface area (Å²) in [7, 11) is 0. The molecule has 104 valence electrons. The van der Waals surface area contributed by atoms with Crippen LogP contribution in [0.2, 0.25) is 0 Å². The van der Waals surface area contributed by atoms with Crippen LogP contribution in [0, 0.1) is 5.92 Å². The molecule has 0 unspecified atom stereocenters. The van der Waals surface area contributed by atoms with Gasteiger partial charge >= 0.3 is 0 Å². The Kier molecular flexibility index (Phi) is 4.18. The van der Waals surface area contributed by atoms with Crippen LogP contribution in [0.25, 0.3) is 0 Å². The normalized spacial score (nSPS) is 32.9. The van der Waals surface area contributed by atoms with Crippen LogP contribution in [-0.2, 0) is 6.42 Å². The Morgan fingerprint density at radius 3 is 3.00 bits per heavy atom. The summed E-state index contributed by atoms with van der Waals surface area (Å²) < 4.78 is 0. The summed E-state index contributed by atoms with van der Waals surface area (Å²) in [5.41, 5.74) is 1.79. The number of hydrogen-bond acceptors (Lipinski definition) is 3. The summed E-state index contributed by atoms with van der Waals surface area (Å²) in [4.78, 5) is 4.74. The van der Waals surface area contributed by atoms with Crippen LogP contribution >= 0.6 is 23.1 Å². The summed E-state index contributed by atoms with van der Waals surface area (Å²) in [6, 6.07) is 2.20. The molecule has 4 heteroatoms. The van der Waals surface area contributed by atoms with Crippen molar-refractivity contribution in [2.45, 2.75) is 44.6 Å². The molecule has 1 aliphatic carbocycles. The third kappa shape index (κ3) is 3.34. The van der Waals surface area contributed by atoms with Crippen LogP contribution in [-0.4, -0.2) is 23.0 Å². The van der Waals surface area contributed by atoms with Gasteiger partial charge in [0.15, 0.2) is 5.17 Å². The maximum Gasteiger partial charge on any atom is 0.157 e. The third-order valence-electron chi connectivity index (χ3n) is 4.32. The van der Waals surface area contributed by atoms with E-state index >= 15 is 0 Å². The van der Waals surface area contributed by atoms with Crippen LogP contribution in [0.5, 0.6) is 0 Å². The minimum atomic E-state index is 0.373. The quantitative estimate of drug-likeness (QED) is 0.913. The van der Waals surface area contributed by atoms with Gasteiger partial charge < -0.3 is 5.32 Å². The van der Waals surface area contributed by atoms with Gasteiger partial charge in [0.1, 0.15) is 0 Å². The zero-order valence-corrected chi connectivity index (χ0v) is 13.2. The summed E-state index contributed by atoms with van der Waals surface area (Å²) in [6.45, 7) is 3.29.